The van der Waals surface area contributed by atoms with Crippen LogP contribution in [0, 0.1) is 24.7 Å². The van der Waals surface area contributed by atoms with Gasteiger partial charge in [-0.25, -0.2) is 0 Å². The first-order valence-electron chi connectivity index (χ1n) is 48.9. The summed E-state index contributed by atoms with van der Waals surface area (Å²) in [5.74, 6) is 8.66. The largest absolute Gasteiger partial charge is 0.457 e. The van der Waals surface area contributed by atoms with Crippen molar-refractivity contribution >= 4 is 0 Å². The third-order valence-electron chi connectivity index (χ3n) is 27.4. The van der Waals surface area contributed by atoms with E-state index in [4.69, 9.17) is 22.3 Å². The van der Waals surface area contributed by atoms with Crippen LogP contribution in [0.1, 0.15) is 11.1 Å². The van der Waals surface area contributed by atoms with Gasteiger partial charge in [0.05, 0.1) is 0 Å². The smallest absolute Gasteiger partial charge is 0.127 e. The molecule has 0 aliphatic rings. The average Bonchev–Trinajstić information content (AvgIpc) is 0.727. The molecule has 23 rings (SSSR count). The fourth-order valence-electron chi connectivity index (χ4n) is 20.9. The van der Waals surface area contributed by atoms with Gasteiger partial charge in [-0.15, -0.1) is 12.8 Å². The van der Waals surface area contributed by atoms with E-state index in [0.717, 1.165) is 234 Å². The molecule has 0 fully saturated rings. The first-order valence-corrected chi connectivity index (χ1v) is 48.9. The molecule has 0 bridgehead atoms. The molecule has 0 aliphatic heterocycles. The third-order valence-corrected chi connectivity index (χ3v) is 27.4. The van der Waals surface area contributed by atoms with Crippen LogP contribution in [0.15, 0.2) is 558 Å². The van der Waals surface area contributed by atoms with E-state index in [1.165, 1.54) is 0 Å². The van der Waals surface area contributed by atoms with Crippen molar-refractivity contribution in [1.29, 1.82) is 0 Å². The van der Waals surface area contributed by atoms with E-state index < -0.39 is 0 Å². The molecule has 0 radical (unpaired) electrons. The predicted molar refractivity (Wildman–Crippen MR) is 604 cm³/mol. The molecular formula is C142H94O2. The Hall–Kier alpha value is -19.2. The lowest BCUT2D eigenvalue weighted by Crippen LogP contribution is -1.99. The molecule has 674 valence electrons. The summed E-state index contributed by atoms with van der Waals surface area (Å²) in [5, 5.41) is 0. The molecule has 0 N–H and O–H groups in total. The zero-order valence-corrected chi connectivity index (χ0v) is 79.1. The molecule has 0 spiro atoms. The van der Waals surface area contributed by atoms with Gasteiger partial charge < -0.3 is 9.47 Å². The maximum absolute atomic E-state index is 7.02. The summed E-state index contributed by atoms with van der Waals surface area (Å²) in [4.78, 5) is 0. The molecule has 0 saturated carbocycles. The first-order chi connectivity index (χ1) is 71.4. The summed E-state index contributed by atoms with van der Waals surface area (Å²) in [6.45, 7) is 0. The molecule has 2 heteroatoms. The van der Waals surface area contributed by atoms with Crippen LogP contribution in [0.5, 0.6) is 23.0 Å². The van der Waals surface area contributed by atoms with Gasteiger partial charge in [0.1, 0.15) is 23.0 Å². The van der Waals surface area contributed by atoms with Crippen molar-refractivity contribution in [2.45, 2.75) is 0 Å². The van der Waals surface area contributed by atoms with Crippen LogP contribution in [-0.4, -0.2) is 0 Å². The topological polar surface area (TPSA) is 18.5 Å². The Morgan fingerprint density at radius 1 is 0.111 bits per heavy atom. The van der Waals surface area contributed by atoms with E-state index in [0.29, 0.717) is 23.0 Å². The van der Waals surface area contributed by atoms with E-state index in [1.807, 2.05) is 12.1 Å². The number of hydrogen-bond donors (Lipinski definition) is 0. The Morgan fingerprint density at radius 2 is 0.250 bits per heavy atom. The fraction of sp³-hybridized carbons (Fsp3) is 0. The third kappa shape index (κ3) is 17.9. The predicted octanol–water partition coefficient (Wildman–Crippen LogP) is 38.6. The molecule has 0 aliphatic carbocycles. The average molecular weight is 1830 g/mol. The highest BCUT2D eigenvalue weighted by molar-refractivity contribution is 6.13. The second-order valence-corrected chi connectivity index (χ2v) is 36.1. The molecule has 0 aromatic heterocycles. The van der Waals surface area contributed by atoms with Crippen molar-refractivity contribution in [2.24, 2.45) is 0 Å². The van der Waals surface area contributed by atoms with Gasteiger partial charge in [-0.05, 0) is 326 Å². The zero-order chi connectivity index (χ0) is 96.4. The Morgan fingerprint density at radius 3 is 0.431 bits per heavy atom. The lowest BCUT2D eigenvalue weighted by molar-refractivity contribution is 0.482. The minimum atomic E-state index is 0.708. The second-order valence-electron chi connectivity index (χ2n) is 36.1. The maximum atomic E-state index is 7.02. The number of rotatable bonds is 24. The number of terminal acetylenes is 2. The lowest BCUT2D eigenvalue weighted by atomic mass is 9.77. The Balaban J connectivity index is 0.636. The van der Waals surface area contributed by atoms with Gasteiger partial charge in [-0.1, -0.05) is 467 Å². The highest BCUT2D eigenvalue weighted by atomic mass is 16.5. The monoisotopic (exact) mass is 1830 g/mol. The standard InChI is InChI=1S/C142H94O2/c1-3-97-44-41-70-115(90-97)127-93-123(99-46-17-5-18-47-99)135(139(107-62-33-13-34-63-107)131(127)103-54-25-9-26-55-103)111-74-82-119(83-75-111)143-121-86-78-113(79-87-121)137-125(101-50-21-7-22-51-101)95-129(133(105-58-29-11-30-59-105)141(137)109-66-37-15-38-67-109)117-72-43-73-118(92-117)130-96-126(102-52-23-8-24-53-102)138(142(110-68-39-16-40-69-110)134(130)106-60-31-12-32-61-106)114-80-88-122(89-81-114)144-120-84-76-112(77-85-120)136-124(100-48-19-6-20-49-100)94-128(116-71-42-45-98(4-2)91-116)132(104-56-27-10-28-57-104)140(136)108-64-35-14-36-65-108/h1-2,5-96H. The van der Waals surface area contributed by atoms with E-state index >= 15 is 0 Å². The summed E-state index contributed by atoms with van der Waals surface area (Å²) in [7, 11) is 0. The second kappa shape index (κ2) is 40.4. The van der Waals surface area contributed by atoms with E-state index in [2.05, 4.69) is 558 Å². The Kier molecular flexibility index (Phi) is 24.9. The molecule has 0 atom stereocenters. The zero-order valence-electron chi connectivity index (χ0n) is 79.1. The quantitative estimate of drug-likeness (QED) is 0.0562. The van der Waals surface area contributed by atoms with Crippen LogP contribution in [0.3, 0.4) is 0 Å². The van der Waals surface area contributed by atoms with E-state index in [9.17, 15) is 0 Å². The van der Waals surface area contributed by atoms with Crippen LogP contribution in [0.2, 0.25) is 0 Å². The number of benzene rings is 23. The molecule has 0 saturated heterocycles. The van der Waals surface area contributed by atoms with Gasteiger partial charge in [0.2, 0.25) is 0 Å². The van der Waals surface area contributed by atoms with Gasteiger partial charge in [-0.2, -0.15) is 0 Å². The number of hydrogen-bond acceptors (Lipinski definition) is 2. The Labute approximate surface area is 842 Å². The van der Waals surface area contributed by atoms with Crippen molar-refractivity contribution in [1.82, 2.24) is 0 Å². The van der Waals surface area contributed by atoms with Crippen LogP contribution in [0.25, 0.3) is 223 Å². The molecule has 0 unspecified atom stereocenters. The van der Waals surface area contributed by atoms with Crippen molar-refractivity contribution in [3.05, 3.63) is 569 Å². The molecule has 0 amide bonds. The highest BCUT2D eigenvalue weighted by Gasteiger charge is 2.31. The van der Waals surface area contributed by atoms with Crippen molar-refractivity contribution in [2.75, 3.05) is 0 Å². The van der Waals surface area contributed by atoms with Gasteiger partial charge in [0.25, 0.3) is 0 Å². The summed E-state index contributed by atoms with van der Waals surface area (Å²) in [6, 6.07) is 200. The number of ether oxygens (including phenoxy) is 2. The maximum Gasteiger partial charge on any atom is 0.127 e. The summed E-state index contributed by atoms with van der Waals surface area (Å²) in [5.41, 5.74) is 45.3. The molecule has 0 heterocycles. The molecule has 2 nitrogen and oxygen atoms in total. The van der Waals surface area contributed by atoms with Gasteiger partial charge >= 0.3 is 0 Å². The molecule has 23 aromatic carbocycles. The SMILES string of the molecule is C#Cc1cccc(-c2cc(-c3ccccc3)c(-c3ccc(Oc4ccc(-c5c(-c6ccccc6)cc(-c6cccc(-c7cc(-c8ccccc8)c(-c8ccc(Oc9ccc(-c%10c(-c%11ccccc%11)cc(-c%11cccc(C#C)c%11)c(-c%11ccccc%11)c%10-c%10ccccc%10)cc9)cc8)c(-c8ccccc8)c7-c7ccccc7)c6)c(-c6ccccc6)c5-c5ccccc5)cc4)cc3)c(-c3ccccc3)c2-c2ccccc2)c1. The minimum Gasteiger partial charge on any atom is -0.457 e. The van der Waals surface area contributed by atoms with E-state index in [-0.39, 0.29) is 0 Å². The molecular weight excluding hydrogens is 1740 g/mol. The highest BCUT2D eigenvalue weighted by Crippen LogP contribution is 2.58. The summed E-state index contributed by atoms with van der Waals surface area (Å²) in [6.07, 6.45) is 12.3. The van der Waals surface area contributed by atoms with Crippen LogP contribution in [-0.2, 0) is 0 Å². The normalized spacial score (nSPS) is 11.0. The van der Waals surface area contributed by atoms with E-state index in [1.54, 1.807) is 0 Å². The fourth-order valence-corrected chi connectivity index (χ4v) is 20.9. The van der Waals surface area contributed by atoms with Crippen molar-refractivity contribution in [3.63, 3.8) is 0 Å². The van der Waals surface area contributed by atoms with Crippen molar-refractivity contribution in [3.8, 4) is 270 Å². The minimum absolute atomic E-state index is 0.708. The first kappa shape index (κ1) is 88.7. The summed E-state index contributed by atoms with van der Waals surface area (Å²) < 4.78 is 14.0. The van der Waals surface area contributed by atoms with Gasteiger partial charge in [0.15, 0.2) is 0 Å². The van der Waals surface area contributed by atoms with Gasteiger partial charge in [0, 0.05) is 11.1 Å². The van der Waals surface area contributed by atoms with Crippen LogP contribution < -0.4 is 9.47 Å². The van der Waals surface area contributed by atoms with Crippen LogP contribution in [0.4, 0.5) is 0 Å². The lowest BCUT2D eigenvalue weighted by Gasteiger charge is -2.26. The molecule has 144 heavy (non-hydrogen) atoms. The van der Waals surface area contributed by atoms with Crippen molar-refractivity contribution < 1.29 is 9.47 Å². The van der Waals surface area contributed by atoms with Crippen LogP contribution >= 0.6 is 0 Å². The molecule has 23 aromatic rings. The summed E-state index contributed by atoms with van der Waals surface area (Å²) >= 11 is 0. The van der Waals surface area contributed by atoms with Gasteiger partial charge in [-0.3, -0.25) is 0 Å². The Bertz CT molecular complexity index is 8140.